The first-order valence-electron chi connectivity index (χ1n) is 5.97. The van der Waals surface area contributed by atoms with Gasteiger partial charge in [0.2, 0.25) is 0 Å². The van der Waals surface area contributed by atoms with Crippen molar-refractivity contribution in [3.63, 3.8) is 0 Å². The molecule has 1 aromatic carbocycles. The summed E-state index contributed by atoms with van der Waals surface area (Å²) < 4.78 is 0. The molecule has 0 radical (unpaired) electrons. The fourth-order valence-corrected chi connectivity index (χ4v) is 1.95. The molecule has 0 aliphatic heterocycles. The summed E-state index contributed by atoms with van der Waals surface area (Å²) >= 11 is 0. The first-order valence-corrected chi connectivity index (χ1v) is 5.97. The summed E-state index contributed by atoms with van der Waals surface area (Å²) in [6.45, 7) is 8.38. The van der Waals surface area contributed by atoms with E-state index in [-0.39, 0.29) is 5.84 Å². The number of anilines is 1. The van der Waals surface area contributed by atoms with Crippen LogP contribution in [-0.2, 0) is 0 Å². The molecule has 3 N–H and O–H groups in total. The van der Waals surface area contributed by atoms with Gasteiger partial charge in [-0.15, -0.1) is 0 Å². The highest BCUT2D eigenvalue weighted by Crippen LogP contribution is 2.21. The summed E-state index contributed by atoms with van der Waals surface area (Å²) in [5.41, 5.74) is 8.67. The highest BCUT2D eigenvalue weighted by molar-refractivity contribution is 5.97. The summed E-state index contributed by atoms with van der Waals surface area (Å²) in [6, 6.07) is 5.86. The summed E-state index contributed by atoms with van der Waals surface area (Å²) in [7, 11) is 0. The molecule has 4 nitrogen and oxygen atoms in total. The van der Waals surface area contributed by atoms with E-state index >= 15 is 0 Å². The Kier molecular flexibility index (Phi) is 4.82. The molecule has 17 heavy (non-hydrogen) atoms. The average molecular weight is 235 g/mol. The normalized spacial score (nSPS) is 11.6. The molecule has 0 saturated carbocycles. The van der Waals surface area contributed by atoms with E-state index in [0.717, 1.165) is 30.6 Å². The lowest BCUT2D eigenvalue weighted by Gasteiger charge is -2.24. The summed E-state index contributed by atoms with van der Waals surface area (Å²) in [5.74, 6) is 0.151. The summed E-state index contributed by atoms with van der Waals surface area (Å²) in [5, 5.41) is 11.7. The molecule has 0 fully saturated rings. The van der Waals surface area contributed by atoms with Gasteiger partial charge in [0.25, 0.3) is 0 Å². The minimum Gasteiger partial charge on any atom is -0.409 e. The molecular formula is C13H21N3O. The van der Waals surface area contributed by atoms with E-state index in [2.05, 4.69) is 23.9 Å². The Labute approximate surface area is 103 Å². The van der Waals surface area contributed by atoms with Gasteiger partial charge < -0.3 is 15.8 Å². The average Bonchev–Trinajstić information content (AvgIpc) is 2.35. The third kappa shape index (κ3) is 3.12. The van der Waals surface area contributed by atoms with Crippen LogP contribution >= 0.6 is 0 Å². The maximum absolute atomic E-state index is 8.64. The zero-order chi connectivity index (χ0) is 12.8. The molecule has 0 aliphatic carbocycles. The maximum atomic E-state index is 8.64. The summed E-state index contributed by atoms with van der Waals surface area (Å²) in [4.78, 5) is 2.32. The second-order valence-electron chi connectivity index (χ2n) is 4.07. The lowest BCUT2D eigenvalue weighted by atomic mass is 10.1. The van der Waals surface area contributed by atoms with Crippen molar-refractivity contribution in [3.8, 4) is 0 Å². The van der Waals surface area contributed by atoms with Crippen molar-refractivity contribution in [1.29, 1.82) is 0 Å². The van der Waals surface area contributed by atoms with E-state index in [0.29, 0.717) is 0 Å². The van der Waals surface area contributed by atoms with Crippen LogP contribution in [0.5, 0.6) is 0 Å². The fraction of sp³-hybridized carbons (Fsp3) is 0.462. The van der Waals surface area contributed by atoms with Crippen molar-refractivity contribution in [2.45, 2.75) is 27.2 Å². The van der Waals surface area contributed by atoms with Crippen LogP contribution in [-0.4, -0.2) is 24.1 Å². The predicted octanol–water partition coefficient (Wildman–Crippen LogP) is 2.33. The second-order valence-corrected chi connectivity index (χ2v) is 4.07. The van der Waals surface area contributed by atoms with Gasteiger partial charge in [0.1, 0.15) is 0 Å². The van der Waals surface area contributed by atoms with E-state index < -0.39 is 0 Å². The Hall–Kier alpha value is -1.71. The number of nitrogens with zero attached hydrogens (tertiary/aromatic N) is 2. The van der Waals surface area contributed by atoms with Gasteiger partial charge >= 0.3 is 0 Å². The number of aryl methyl sites for hydroxylation is 1. The lowest BCUT2D eigenvalue weighted by molar-refractivity contribution is 0.318. The third-order valence-electron chi connectivity index (χ3n) is 2.82. The van der Waals surface area contributed by atoms with Gasteiger partial charge in [0, 0.05) is 24.3 Å². The minimum atomic E-state index is 0.151. The molecule has 94 valence electrons. The number of nitrogens with two attached hydrogens (primary N) is 1. The fourth-order valence-electron chi connectivity index (χ4n) is 1.95. The molecule has 0 atom stereocenters. The van der Waals surface area contributed by atoms with E-state index in [1.165, 1.54) is 5.69 Å². The number of benzene rings is 1. The number of amidine groups is 1. The van der Waals surface area contributed by atoms with Crippen LogP contribution in [0.3, 0.4) is 0 Å². The Balaban J connectivity index is 3.04. The minimum absolute atomic E-state index is 0.151. The van der Waals surface area contributed by atoms with E-state index in [1.807, 2.05) is 25.1 Å². The van der Waals surface area contributed by atoms with Crippen LogP contribution in [0, 0.1) is 6.92 Å². The van der Waals surface area contributed by atoms with E-state index in [9.17, 15) is 0 Å². The van der Waals surface area contributed by atoms with Gasteiger partial charge in [-0.25, -0.2) is 0 Å². The van der Waals surface area contributed by atoms with Crippen molar-refractivity contribution in [2.24, 2.45) is 10.9 Å². The predicted molar refractivity (Wildman–Crippen MR) is 71.9 cm³/mol. The van der Waals surface area contributed by atoms with Crippen molar-refractivity contribution < 1.29 is 5.21 Å². The maximum Gasteiger partial charge on any atom is 0.170 e. The number of rotatable bonds is 5. The van der Waals surface area contributed by atoms with Gasteiger partial charge in [-0.1, -0.05) is 12.1 Å². The molecule has 1 aromatic rings. The van der Waals surface area contributed by atoms with Crippen LogP contribution in [0.1, 0.15) is 31.4 Å². The molecule has 0 spiro atoms. The van der Waals surface area contributed by atoms with Crippen LogP contribution in [0.25, 0.3) is 0 Å². The zero-order valence-corrected chi connectivity index (χ0v) is 10.8. The molecule has 0 amide bonds. The van der Waals surface area contributed by atoms with Gasteiger partial charge in [0.05, 0.1) is 0 Å². The number of hydrogen-bond acceptors (Lipinski definition) is 3. The Morgan fingerprint density at radius 2 is 2.12 bits per heavy atom. The Morgan fingerprint density at radius 1 is 1.41 bits per heavy atom. The molecule has 0 saturated heterocycles. The molecular weight excluding hydrogens is 214 g/mol. The molecule has 0 unspecified atom stereocenters. The lowest BCUT2D eigenvalue weighted by Crippen LogP contribution is -2.24. The summed E-state index contributed by atoms with van der Waals surface area (Å²) in [6.07, 6.45) is 1.12. The van der Waals surface area contributed by atoms with Crippen molar-refractivity contribution >= 4 is 11.5 Å². The third-order valence-corrected chi connectivity index (χ3v) is 2.82. The quantitative estimate of drug-likeness (QED) is 0.356. The van der Waals surface area contributed by atoms with Crippen LogP contribution in [0.2, 0.25) is 0 Å². The second kappa shape index (κ2) is 6.13. The van der Waals surface area contributed by atoms with E-state index in [4.69, 9.17) is 10.9 Å². The Bertz CT molecular complexity index is 402. The number of oxime groups is 1. The standard InChI is InChI=1S/C13H21N3O/c1-4-8-16(5-2)12-7-6-11(9-10(12)3)13(14)15-17/h6-7,9,17H,4-5,8H2,1-3H3,(H2,14,15). The van der Waals surface area contributed by atoms with E-state index in [1.54, 1.807) is 0 Å². The monoisotopic (exact) mass is 235 g/mol. The molecule has 0 heterocycles. The smallest absolute Gasteiger partial charge is 0.170 e. The van der Waals surface area contributed by atoms with Gasteiger partial charge in [-0.3, -0.25) is 0 Å². The molecule has 0 aliphatic rings. The highest BCUT2D eigenvalue weighted by atomic mass is 16.4. The van der Waals surface area contributed by atoms with Crippen molar-refractivity contribution in [2.75, 3.05) is 18.0 Å². The first kappa shape index (κ1) is 13.4. The van der Waals surface area contributed by atoms with Gasteiger partial charge in [-0.2, -0.15) is 0 Å². The van der Waals surface area contributed by atoms with Crippen LogP contribution < -0.4 is 10.6 Å². The molecule has 1 rings (SSSR count). The van der Waals surface area contributed by atoms with Crippen LogP contribution in [0.15, 0.2) is 23.4 Å². The first-order chi connectivity index (χ1) is 8.13. The highest BCUT2D eigenvalue weighted by Gasteiger charge is 2.08. The molecule has 0 bridgehead atoms. The Morgan fingerprint density at radius 3 is 2.59 bits per heavy atom. The molecule has 0 aromatic heterocycles. The van der Waals surface area contributed by atoms with Crippen molar-refractivity contribution in [3.05, 3.63) is 29.3 Å². The van der Waals surface area contributed by atoms with Crippen LogP contribution in [0.4, 0.5) is 5.69 Å². The van der Waals surface area contributed by atoms with Gasteiger partial charge in [-0.05, 0) is 44.0 Å². The molecule has 4 heteroatoms. The zero-order valence-electron chi connectivity index (χ0n) is 10.8. The van der Waals surface area contributed by atoms with Gasteiger partial charge in [0.15, 0.2) is 5.84 Å². The number of hydrogen-bond donors (Lipinski definition) is 2. The topological polar surface area (TPSA) is 61.8 Å². The van der Waals surface area contributed by atoms with Crippen molar-refractivity contribution in [1.82, 2.24) is 0 Å². The SMILES string of the molecule is CCCN(CC)c1ccc(/C(N)=N/O)cc1C. The largest absolute Gasteiger partial charge is 0.409 e.